The van der Waals surface area contributed by atoms with Gasteiger partial charge in [0.05, 0.1) is 7.11 Å². The summed E-state index contributed by atoms with van der Waals surface area (Å²) in [6, 6.07) is 8.95. The topological polar surface area (TPSA) is 21.3 Å². The molecule has 0 spiro atoms. The van der Waals surface area contributed by atoms with Crippen molar-refractivity contribution in [1.29, 1.82) is 0 Å². The summed E-state index contributed by atoms with van der Waals surface area (Å²) in [5, 5.41) is 3.69. The molecule has 2 heteroatoms. The van der Waals surface area contributed by atoms with Crippen molar-refractivity contribution in [2.24, 2.45) is 5.92 Å². The second kappa shape index (κ2) is 9.82. The minimum Gasteiger partial charge on any atom is -0.496 e. The number of hydrogen-bond acceptors (Lipinski definition) is 2. The van der Waals surface area contributed by atoms with E-state index in [1.54, 1.807) is 7.11 Å². The molecule has 0 heterocycles. The predicted molar refractivity (Wildman–Crippen MR) is 87.5 cm³/mol. The first-order chi connectivity index (χ1) is 9.76. The van der Waals surface area contributed by atoms with Gasteiger partial charge in [0.2, 0.25) is 0 Å². The van der Waals surface area contributed by atoms with Gasteiger partial charge in [-0.15, -0.1) is 0 Å². The summed E-state index contributed by atoms with van der Waals surface area (Å²) in [5.74, 6) is 1.76. The lowest BCUT2D eigenvalue weighted by molar-refractivity contribution is 0.315. The van der Waals surface area contributed by atoms with Crippen molar-refractivity contribution < 1.29 is 4.74 Å². The quantitative estimate of drug-likeness (QED) is 0.683. The van der Waals surface area contributed by atoms with Gasteiger partial charge in [0.1, 0.15) is 5.75 Å². The van der Waals surface area contributed by atoms with Gasteiger partial charge in [-0.05, 0) is 36.9 Å². The van der Waals surface area contributed by atoms with E-state index in [0.717, 1.165) is 24.6 Å². The largest absolute Gasteiger partial charge is 0.496 e. The van der Waals surface area contributed by atoms with Crippen LogP contribution in [0.4, 0.5) is 0 Å². The van der Waals surface area contributed by atoms with Gasteiger partial charge in [0.15, 0.2) is 0 Å². The summed E-state index contributed by atoms with van der Waals surface area (Å²) >= 11 is 0. The van der Waals surface area contributed by atoms with E-state index in [4.69, 9.17) is 4.74 Å². The number of ether oxygens (including phenoxy) is 1. The third-order valence-corrected chi connectivity index (χ3v) is 4.12. The maximum Gasteiger partial charge on any atom is 0.122 e. The molecular weight excluding hydrogens is 246 g/mol. The molecule has 0 aliphatic heterocycles. The fraction of sp³-hybridized carbons (Fsp3) is 0.667. The number of para-hydroxylation sites is 1. The number of unbranched alkanes of at least 4 members (excludes halogenated alkanes) is 1. The maximum atomic E-state index is 5.49. The molecule has 0 saturated carbocycles. The number of methoxy groups -OCH3 is 1. The van der Waals surface area contributed by atoms with Crippen molar-refractivity contribution in [3.63, 3.8) is 0 Å². The van der Waals surface area contributed by atoms with E-state index in [-0.39, 0.29) is 0 Å². The van der Waals surface area contributed by atoms with Crippen molar-refractivity contribution in [2.75, 3.05) is 13.7 Å². The third kappa shape index (κ3) is 5.16. The molecule has 0 aliphatic rings. The van der Waals surface area contributed by atoms with Crippen molar-refractivity contribution in [1.82, 2.24) is 5.32 Å². The van der Waals surface area contributed by atoms with Crippen molar-refractivity contribution in [3.8, 4) is 5.75 Å². The highest BCUT2D eigenvalue weighted by Gasteiger charge is 2.20. The van der Waals surface area contributed by atoms with Crippen LogP contribution in [0, 0.1) is 5.92 Å². The zero-order chi connectivity index (χ0) is 14.8. The van der Waals surface area contributed by atoms with Gasteiger partial charge in [-0.1, -0.05) is 58.2 Å². The van der Waals surface area contributed by atoms with Crippen LogP contribution in [0.1, 0.15) is 52.0 Å². The van der Waals surface area contributed by atoms with Crippen LogP contribution >= 0.6 is 0 Å². The molecule has 1 rings (SSSR count). The van der Waals surface area contributed by atoms with Gasteiger partial charge in [-0.25, -0.2) is 0 Å². The smallest absolute Gasteiger partial charge is 0.122 e. The van der Waals surface area contributed by atoms with E-state index in [2.05, 4.69) is 44.3 Å². The van der Waals surface area contributed by atoms with Crippen LogP contribution in [0.15, 0.2) is 24.3 Å². The number of nitrogens with one attached hydrogen (secondary N) is 1. The van der Waals surface area contributed by atoms with Crippen molar-refractivity contribution >= 4 is 0 Å². The Bertz CT molecular complexity index is 364. The molecular formula is C18H31NO. The Morgan fingerprint density at radius 3 is 2.50 bits per heavy atom. The van der Waals surface area contributed by atoms with Crippen LogP contribution in [-0.4, -0.2) is 19.7 Å². The van der Waals surface area contributed by atoms with Crippen LogP contribution in [0.5, 0.6) is 5.75 Å². The summed E-state index contributed by atoms with van der Waals surface area (Å²) < 4.78 is 5.49. The average molecular weight is 277 g/mol. The highest BCUT2D eigenvalue weighted by Crippen LogP contribution is 2.24. The van der Waals surface area contributed by atoms with Gasteiger partial charge in [-0.2, -0.15) is 0 Å². The second-order valence-corrected chi connectivity index (χ2v) is 5.49. The van der Waals surface area contributed by atoms with Crippen LogP contribution in [0.25, 0.3) is 0 Å². The predicted octanol–water partition coefficient (Wildman–Crippen LogP) is 4.43. The summed E-state index contributed by atoms with van der Waals surface area (Å²) in [7, 11) is 1.76. The molecule has 1 aromatic carbocycles. The summed E-state index contributed by atoms with van der Waals surface area (Å²) in [4.78, 5) is 0. The summed E-state index contributed by atoms with van der Waals surface area (Å²) in [6.07, 6.45) is 6.23. The first kappa shape index (κ1) is 17.0. The lowest BCUT2D eigenvalue weighted by Crippen LogP contribution is -2.38. The standard InChI is InChI=1S/C18H31NO/c1-5-8-11-15(6-2)17(19-7-3)14-16-12-9-10-13-18(16)20-4/h9-10,12-13,15,17,19H,5-8,11,14H2,1-4H3. The van der Waals surface area contributed by atoms with Crippen molar-refractivity contribution in [2.45, 2.75) is 58.9 Å². The Labute approximate surface area is 124 Å². The monoisotopic (exact) mass is 277 g/mol. The molecule has 0 fully saturated rings. The van der Waals surface area contributed by atoms with Gasteiger partial charge in [0.25, 0.3) is 0 Å². The first-order valence-corrected chi connectivity index (χ1v) is 8.11. The molecule has 2 unspecified atom stereocenters. The lowest BCUT2D eigenvalue weighted by atomic mass is 9.87. The van der Waals surface area contributed by atoms with E-state index in [9.17, 15) is 0 Å². The van der Waals surface area contributed by atoms with Crippen LogP contribution in [0.2, 0.25) is 0 Å². The minimum atomic E-state index is 0.549. The average Bonchev–Trinajstić information content (AvgIpc) is 2.48. The molecule has 114 valence electrons. The van der Waals surface area contributed by atoms with Gasteiger partial charge >= 0.3 is 0 Å². The van der Waals surface area contributed by atoms with Crippen molar-refractivity contribution in [3.05, 3.63) is 29.8 Å². The molecule has 2 nitrogen and oxygen atoms in total. The highest BCUT2D eigenvalue weighted by atomic mass is 16.5. The lowest BCUT2D eigenvalue weighted by Gasteiger charge is -2.28. The van der Waals surface area contributed by atoms with Crippen LogP contribution in [0.3, 0.4) is 0 Å². The van der Waals surface area contributed by atoms with Crippen LogP contribution < -0.4 is 10.1 Å². The molecule has 0 aliphatic carbocycles. The normalized spacial score (nSPS) is 14.0. The number of rotatable bonds is 10. The molecule has 1 aromatic rings. The third-order valence-electron chi connectivity index (χ3n) is 4.12. The maximum absolute atomic E-state index is 5.49. The second-order valence-electron chi connectivity index (χ2n) is 5.49. The first-order valence-electron chi connectivity index (χ1n) is 8.11. The Balaban J connectivity index is 2.78. The highest BCUT2D eigenvalue weighted by molar-refractivity contribution is 5.33. The molecule has 0 aromatic heterocycles. The minimum absolute atomic E-state index is 0.549. The molecule has 0 bridgehead atoms. The Kier molecular flexibility index (Phi) is 8.36. The van der Waals surface area contributed by atoms with Gasteiger partial charge in [0, 0.05) is 6.04 Å². The van der Waals surface area contributed by atoms with E-state index in [1.807, 2.05) is 6.07 Å². The van der Waals surface area contributed by atoms with Gasteiger partial charge < -0.3 is 10.1 Å². The van der Waals surface area contributed by atoms with E-state index in [0.29, 0.717) is 6.04 Å². The fourth-order valence-corrected chi connectivity index (χ4v) is 2.93. The summed E-state index contributed by atoms with van der Waals surface area (Å²) in [6.45, 7) is 7.81. The SMILES string of the molecule is CCCCC(CC)C(Cc1ccccc1OC)NCC. The molecule has 0 radical (unpaired) electrons. The van der Waals surface area contributed by atoms with E-state index in [1.165, 1.54) is 31.2 Å². The zero-order valence-corrected chi connectivity index (χ0v) is 13.6. The van der Waals surface area contributed by atoms with Gasteiger partial charge in [-0.3, -0.25) is 0 Å². The van der Waals surface area contributed by atoms with E-state index < -0.39 is 0 Å². The number of likely N-dealkylation sites (N-methyl/N-ethyl adjacent to an activating group) is 1. The molecule has 20 heavy (non-hydrogen) atoms. The van der Waals surface area contributed by atoms with E-state index >= 15 is 0 Å². The fourth-order valence-electron chi connectivity index (χ4n) is 2.93. The Morgan fingerprint density at radius 1 is 1.15 bits per heavy atom. The Morgan fingerprint density at radius 2 is 1.90 bits per heavy atom. The molecule has 1 N–H and O–H groups in total. The molecule has 0 saturated heterocycles. The number of benzene rings is 1. The molecule has 2 atom stereocenters. The summed E-state index contributed by atoms with van der Waals surface area (Å²) in [5.41, 5.74) is 1.32. The Hall–Kier alpha value is -1.02. The molecule has 0 amide bonds. The van der Waals surface area contributed by atoms with Crippen LogP contribution in [-0.2, 0) is 6.42 Å². The number of hydrogen-bond donors (Lipinski definition) is 1. The zero-order valence-electron chi connectivity index (χ0n) is 13.6.